The van der Waals surface area contributed by atoms with Crippen LogP contribution in [0.5, 0.6) is 0 Å². The molecule has 7 nitrogen and oxygen atoms in total. The SMILES string of the molecule is C[C@@H]1C[C@@H](C)CN(CCCNC(=O)c2nn(C)c3c2CS(=O)(=O)c2ccccc2-3)C1. The highest BCUT2D eigenvalue weighted by atomic mass is 32.2. The van der Waals surface area contributed by atoms with Gasteiger partial charge in [-0.2, -0.15) is 5.10 Å². The van der Waals surface area contributed by atoms with E-state index in [0.29, 0.717) is 40.1 Å². The maximum absolute atomic E-state index is 12.8. The molecule has 162 valence electrons. The molecule has 2 aliphatic rings. The van der Waals surface area contributed by atoms with Crippen LogP contribution in [0, 0.1) is 11.8 Å². The van der Waals surface area contributed by atoms with Crippen molar-refractivity contribution in [2.45, 2.75) is 37.3 Å². The molecule has 1 N–H and O–H groups in total. The second kappa shape index (κ2) is 8.15. The second-order valence-corrected chi connectivity index (χ2v) is 10.8. The number of carbonyl (C=O) groups excluding carboxylic acids is 1. The number of benzene rings is 1. The van der Waals surface area contributed by atoms with Crippen LogP contribution in [-0.2, 0) is 22.6 Å². The highest BCUT2D eigenvalue weighted by Crippen LogP contribution is 2.38. The number of rotatable bonds is 5. The van der Waals surface area contributed by atoms with Crippen LogP contribution in [0.1, 0.15) is 42.7 Å². The molecular formula is C22H30N4O3S. The van der Waals surface area contributed by atoms with Gasteiger partial charge in [-0.25, -0.2) is 8.42 Å². The number of hydrogen-bond acceptors (Lipinski definition) is 5. The van der Waals surface area contributed by atoms with Gasteiger partial charge in [-0.1, -0.05) is 32.0 Å². The Labute approximate surface area is 178 Å². The van der Waals surface area contributed by atoms with Crippen LogP contribution in [-0.4, -0.2) is 55.2 Å². The molecule has 2 atom stereocenters. The number of aryl methyl sites for hydroxylation is 1. The first-order valence-electron chi connectivity index (χ1n) is 10.6. The molecule has 1 aromatic carbocycles. The number of fused-ring (bicyclic) bond motifs is 3. The number of hydrogen-bond donors (Lipinski definition) is 1. The number of nitrogens with one attached hydrogen (secondary N) is 1. The third kappa shape index (κ3) is 4.03. The third-order valence-electron chi connectivity index (χ3n) is 6.05. The van der Waals surface area contributed by atoms with Gasteiger partial charge >= 0.3 is 0 Å². The standard InChI is InChI=1S/C22H30N4O3S/c1-15-11-16(2)13-26(12-15)10-6-9-23-22(27)20-18-14-30(28,29)19-8-5-4-7-17(19)21(18)25(3)24-20/h4-5,7-8,15-16H,6,9-14H2,1-3H3,(H,23,27)/t15-,16-/m1/s1. The summed E-state index contributed by atoms with van der Waals surface area (Å²) < 4.78 is 27.1. The van der Waals surface area contributed by atoms with E-state index in [1.54, 1.807) is 36.0 Å². The van der Waals surface area contributed by atoms with E-state index in [1.165, 1.54) is 6.42 Å². The summed E-state index contributed by atoms with van der Waals surface area (Å²) in [6, 6.07) is 6.91. The molecule has 1 saturated heterocycles. The molecule has 0 bridgehead atoms. The van der Waals surface area contributed by atoms with Gasteiger partial charge in [0.2, 0.25) is 0 Å². The number of piperidine rings is 1. The van der Waals surface area contributed by atoms with Crippen molar-refractivity contribution in [1.82, 2.24) is 20.0 Å². The monoisotopic (exact) mass is 430 g/mol. The second-order valence-electron chi connectivity index (χ2n) is 8.87. The topological polar surface area (TPSA) is 84.3 Å². The first-order chi connectivity index (χ1) is 14.3. The molecule has 1 fully saturated rings. The Hall–Kier alpha value is -2.19. The minimum Gasteiger partial charge on any atom is -0.351 e. The lowest BCUT2D eigenvalue weighted by Crippen LogP contribution is -2.40. The molecule has 30 heavy (non-hydrogen) atoms. The summed E-state index contributed by atoms with van der Waals surface area (Å²) in [4.78, 5) is 15.6. The fourth-order valence-electron chi connectivity index (χ4n) is 4.99. The minimum atomic E-state index is -3.49. The van der Waals surface area contributed by atoms with Crippen LogP contribution in [0.25, 0.3) is 11.3 Å². The van der Waals surface area contributed by atoms with E-state index in [0.717, 1.165) is 26.1 Å². The summed E-state index contributed by atoms with van der Waals surface area (Å²) in [5.74, 6) is 0.933. The van der Waals surface area contributed by atoms with E-state index in [-0.39, 0.29) is 17.4 Å². The quantitative estimate of drug-likeness (QED) is 0.737. The maximum atomic E-state index is 12.8. The first-order valence-corrected chi connectivity index (χ1v) is 12.3. The fourth-order valence-corrected chi connectivity index (χ4v) is 6.58. The average Bonchev–Trinajstić information content (AvgIpc) is 3.00. The minimum absolute atomic E-state index is 0.195. The summed E-state index contributed by atoms with van der Waals surface area (Å²) >= 11 is 0. The zero-order valence-corrected chi connectivity index (χ0v) is 18.7. The Balaban J connectivity index is 1.44. The van der Waals surface area contributed by atoms with Crippen molar-refractivity contribution in [3.8, 4) is 11.3 Å². The van der Waals surface area contributed by atoms with Gasteiger partial charge in [0, 0.05) is 37.8 Å². The van der Waals surface area contributed by atoms with Crippen molar-refractivity contribution >= 4 is 15.7 Å². The smallest absolute Gasteiger partial charge is 0.272 e. The molecule has 0 spiro atoms. The van der Waals surface area contributed by atoms with Crippen molar-refractivity contribution in [2.75, 3.05) is 26.2 Å². The van der Waals surface area contributed by atoms with E-state index in [2.05, 4.69) is 29.2 Å². The van der Waals surface area contributed by atoms with E-state index in [4.69, 9.17) is 0 Å². The Morgan fingerprint density at radius 2 is 1.90 bits per heavy atom. The number of carbonyl (C=O) groups is 1. The predicted octanol–water partition coefficient (Wildman–Crippen LogP) is 2.47. The molecule has 8 heteroatoms. The number of aromatic nitrogens is 2. The zero-order chi connectivity index (χ0) is 21.5. The summed E-state index contributed by atoms with van der Waals surface area (Å²) in [5.41, 5.74) is 2.03. The lowest BCUT2D eigenvalue weighted by Gasteiger charge is -2.34. The van der Waals surface area contributed by atoms with Crippen molar-refractivity contribution in [3.63, 3.8) is 0 Å². The third-order valence-corrected chi connectivity index (χ3v) is 7.75. The first kappa shape index (κ1) is 21.1. The summed E-state index contributed by atoms with van der Waals surface area (Å²) in [6.07, 6.45) is 2.14. The molecule has 2 aliphatic heterocycles. The number of likely N-dealkylation sites (tertiary alicyclic amines) is 1. The van der Waals surface area contributed by atoms with E-state index < -0.39 is 9.84 Å². The summed E-state index contributed by atoms with van der Waals surface area (Å²) in [7, 11) is -1.74. The summed E-state index contributed by atoms with van der Waals surface area (Å²) in [6.45, 7) is 8.32. The molecule has 3 heterocycles. The molecule has 1 aromatic heterocycles. The Morgan fingerprint density at radius 3 is 2.63 bits per heavy atom. The van der Waals surface area contributed by atoms with Gasteiger partial charge in [-0.3, -0.25) is 9.48 Å². The van der Waals surface area contributed by atoms with Gasteiger partial charge in [-0.05, 0) is 37.3 Å². The van der Waals surface area contributed by atoms with Crippen molar-refractivity contribution in [3.05, 3.63) is 35.5 Å². The van der Waals surface area contributed by atoms with Gasteiger partial charge in [0.15, 0.2) is 15.5 Å². The van der Waals surface area contributed by atoms with Gasteiger partial charge < -0.3 is 10.2 Å². The van der Waals surface area contributed by atoms with Crippen LogP contribution in [0.15, 0.2) is 29.2 Å². The molecule has 2 aromatic rings. The number of sulfone groups is 1. The van der Waals surface area contributed by atoms with Gasteiger partial charge in [0.25, 0.3) is 5.91 Å². The maximum Gasteiger partial charge on any atom is 0.272 e. The van der Waals surface area contributed by atoms with Crippen LogP contribution in [0.4, 0.5) is 0 Å². The van der Waals surface area contributed by atoms with E-state index in [9.17, 15) is 13.2 Å². The van der Waals surface area contributed by atoms with Gasteiger partial charge in [0.1, 0.15) is 0 Å². The Bertz CT molecular complexity index is 1050. The molecule has 1 amide bonds. The number of amides is 1. The average molecular weight is 431 g/mol. The van der Waals surface area contributed by atoms with Crippen LogP contribution in [0.3, 0.4) is 0 Å². The van der Waals surface area contributed by atoms with Crippen LogP contribution >= 0.6 is 0 Å². The van der Waals surface area contributed by atoms with Crippen molar-refractivity contribution in [1.29, 1.82) is 0 Å². The lowest BCUT2D eigenvalue weighted by atomic mass is 9.92. The zero-order valence-electron chi connectivity index (χ0n) is 17.9. The lowest BCUT2D eigenvalue weighted by molar-refractivity contribution is 0.0941. The highest BCUT2D eigenvalue weighted by molar-refractivity contribution is 7.90. The molecular weight excluding hydrogens is 400 g/mol. The molecule has 0 aliphatic carbocycles. The molecule has 4 rings (SSSR count). The van der Waals surface area contributed by atoms with Gasteiger partial charge in [-0.15, -0.1) is 0 Å². The molecule has 0 unspecified atom stereocenters. The van der Waals surface area contributed by atoms with Crippen LogP contribution < -0.4 is 5.32 Å². The Morgan fingerprint density at radius 1 is 1.20 bits per heavy atom. The normalized spacial score (nSPS) is 22.9. The fraction of sp³-hybridized carbons (Fsp3) is 0.545. The van der Waals surface area contributed by atoms with Crippen LogP contribution in [0.2, 0.25) is 0 Å². The summed E-state index contributed by atoms with van der Waals surface area (Å²) in [5, 5.41) is 7.31. The Kier molecular flexibility index (Phi) is 5.72. The van der Waals surface area contributed by atoms with Gasteiger partial charge in [0.05, 0.1) is 16.3 Å². The van der Waals surface area contributed by atoms with Crippen molar-refractivity contribution < 1.29 is 13.2 Å². The highest BCUT2D eigenvalue weighted by Gasteiger charge is 2.34. The largest absolute Gasteiger partial charge is 0.351 e. The van der Waals surface area contributed by atoms with E-state index in [1.807, 2.05) is 0 Å². The molecule has 0 saturated carbocycles. The molecule has 0 radical (unpaired) electrons. The van der Waals surface area contributed by atoms with Crippen molar-refractivity contribution in [2.24, 2.45) is 18.9 Å². The predicted molar refractivity (Wildman–Crippen MR) is 116 cm³/mol. The number of nitrogens with zero attached hydrogens (tertiary/aromatic N) is 3. The van der Waals surface area contributed by atoms with E-state index >= 15 is 0 Å².